The number of anilines is 1. The van der Waals surface area contributed by atoms with Crippen LogP contribution in [0.2, 0.25) is 10.0 Å². The number of hydrogen-bond donors (Lipinski definition) is 2. The highest BCUT2D eigenvalue weighted by molar-refractivity contribution is 6.35. The topological polar surface area (TPSA) is 79.7 Å². The van der Waals surface area contributed by atoms with Crippen LogP contribution in [0.15, 0.2) is 60.9 Å². The maximum atomic E-state index is 11.5. The minimum absolute atomic E-state index is 0.0546. The van der Waals surface area contributed by atoms with Crippen molar-refractivity contribution in [1.82, 2.24) is 15.3 Å². The molecule has 1 unspecified atom stereocenters. The number of para-hydroxylation sites is 1. The second kappa shape index (κ2) is 10.4. The Morgan fingerprint density at radius 3 is 2.57 bits per heavy atom. The summed E-state index contributed by atoms with van der Waals surface area (Å²) in [5, 5.41) is 16.0. The first-order valence-corrected chi connectivity index (χ1v) is 13.1. The maximum Gasteiger partial charge on any atom is 0.135 e. The number of pyridine rings is 2. The van der Waals surface area contributed by atoms with Crippen LogP contribution >= 0.6 is 23.2 Å². The van der Waals surface area contributed by atoms with E-state index in [2.05, 4.69) is 10.2 Å². The number of aliphatic hydroxyl groups is 1. The number of rotatable bonds is 5. The molecule has 2 atom stereocenters. The smallest absolute Gasteiger partial charge is 0.135 e. The Balaban J connectivity index is 1.45. The molecule has 2 aliphatic heterocycles. The number of nitrogens with zero attached hydrogens (tertiary/aromatic N) is 3. The van der Waals surface area contributed by atoms with Gasteiger partial charge in [-0.3, -0.25) is 15.3 Å². The summed E-state index contributed by atoms with van der Waals surface area (Å²) in [5.74, 6) is 0.843. The number of fused-ring (bicyclic) bond motifs is 2. The van der Waals surface area contributed by atoms with Crippen LogP contribution in [0, 0.1) is 0 Å². The Hall–Kier alpha value is -2.94. The zero-order valence-corrected chi connectivity index (χ0v) is 21.5. The number of nitrogens with one attached hydrogen (secondary N) is 1. The SMILES string of the molecule is OC(N[C@H]1CCOc2ccccc21)c1cnc2c(-c3cc(Cl)cc(Cl)c3)ccnc2c1N1CCOCC1. The van der Waals surface area contributed by atoms with Gasteiger partial charge in [0.05, 0.1) is 31.0 Å². The van der Waals surface area contributed by atoms with Crippen molar-refractivity contribution in [1.29, 1.82) is 0 Å². The molecule has 0 spiro atoms. The Labute approximate surface area is 225 Å². The summed E-state index contributed by atoms with van der Waals surface area (Å²) in [4.78, 5) is 11.8. The summed E-state index contributed by atoms with van der Waals surface area (Å²) < 4.78 is 11.4. The van der Waals surface area contributed by atoms with Gasteiger partial charge >= 0.3 is 0 Å². The molecule has 0 amide bonds. The third-order valence-corrected chi connectivity index (χ3v) is 7.30. The van der Waals surface area contributed by atoms with Crippen molar-refractivity contribution >= 4 is 39.9 Å². The highest BCUT2D eigenvalue weighted by Gasteiger charge is 2.28. The van der Waals surface area contributed by atoms with Crippen molar-refractivity contribution in [3.8, 4) is 16.9 Å². The Morgan fingerprint density at radius 2 is 1.76 bits per heavy atom. The summed E-state index contributed by atoms with van der Waals surface area (Å²) >= 11 is 12.6. The molecule has 2 aromatic heterocycles. The number of morpholine rings is 1. The Bertz CT molecular complexity index is 1420. The fourth-order valence-electron chi connectivity index (χ4n) is 5.15. The third kappa shape index (κ3) is 4.85. The van der Waals surface area contributed by atoms with Gasteiger partial charge in [-0.25, -0.2) is 0 Å². The summed E-state index contributed by atoms with van der Waals surface area (Å²) in [6, 6.07) is 15.2. The lowest BCUT2D eigenvalue weighted by Gasteiger charge is -2.34. The molecule has 0 aliphatic carbocycles. The quantitative estimate of drug-likeness (QED) is 0.324. The fourth-order valence-corrected chi connectivity index (χ4v) is 5.67. The molecule has 1 saturated heterocycles. The monoisotopic (exact) mass is 536 g/mol. The van der Waals surface area contributed by atoms with Crippen LogP contribution in [0.1, 0.15) is 29.8 Å². The molecule has 7 nitrogen and oxygen atoms in total. The van der Waals surface area contributed by atoms with Gasteiger partial charge in [-0.05, 0) is 35.9 Å². The van der Waals surface area contributed by atoms with Gasteiger partial charge in [-0.1, -0.05) is 41.4 Å². The molecule has 0 radical (unpaired) electrons. The summed E-state index contributed by atoms with van der Waals surface area (Å²) in [7, 11) is 0. The predicted octanol–water partition coefficient (Wildman–Crippen LogP) is 5.54. The molecule has 37 heavy (non-hydrogen) atoms. The van der Waals surface area contributed by atoms with E-state index in [-0.39, 0.29) is 6.04 Å². The van der Waals surface area contributed by atoms with E-state index in [1.54, 1.807) is 18.5 Å². The van der Waals surface area contributed by atoms with Crippen molar-refractivity contribution in [2.24, 2.45) is 0 Å². The maximum absolute atomic E-state index is 11.5. The summed E-state index contributed by atoms with van der Waals surface area (Å²) in [6.07, 6.45) is 3.29. The molecule has 2 aromatic carbocycles. The largest absolute Gasteiger partial charge is 0.493 e. The first-order valence-electron chi connectivity index (χ1n) is 12.3. The normalized spacial score (nSPS) is 18.4. The zero-order chi connectivity index (χ0) is 25.4. The number of hydrogen-bond acceptors (Lipinski definition) is 7. The minimum atomic E-state index is -0.961. The van der Waals surface area contributed by atoms with E-state index in [0.29, 0.717) is 54.0 Å². The standard InChI is InChI=1S/C28H26Cl2N4O3/c29-18-13-17(14-19(30)15-18)20-5-7-31-26-25(20)32-16-22(27(26)34-8-11-36-12-9-34)28(35)33-23-6-10-37-24-4-2-1-3-21(23)24/h1-5,7,13-16,23,28,33,35H,6,8-12H2/t23-,28?/m0/s1. The second-order valence-corrected chi connectivity index (χ2v) is 10.0. The van der Waals surface area contributed by atoms with Crippen molar-refractivity contribution in [3.63, 3.8) is 0 Å². The zero-order valence-electron chi connectivity index (χ0n) is 20.0. The lowest BCUT2D eigenvalue weighted by molar-refractivity contribution is 0.108. The number of halogens is 2. The van der Waals surface area contributed by atoms with Crippen LogP contribution in [-0.2, 0) is 4.74 Å². The average molecular weight is 537 g/mol. The van der Waals surface area contributed by atoms with E-state index in [9.17, 15) is 5.11 Å². The lowest BCUT2D eigenvalue weighted by atomic mass is 9.99. The lowest BCUT2D eigenvalue weighted by Crippen LogP contribution is -2.38. The molecule has 9 heteroatoms. The summed E-state index contributed by atoms with van der Waals surface area (Å²) in [5.41, 5.74) is 5.71. The highest BCUT2D eigenvalue weighted by Crippen LogP contribution is 2.39. The predicted molar refractivity (Wildman–Crippen MR) is 145 cm³/mol. The molecule has 6 rings (SSSR count). The van der Waals surface area contributed by atoms with Crippen LogP contribution in [-0.4, -0.2) is 48.0 Å². The van der Waals surface area contributed by atoms with Crippen molar-refractivity contribution in [3.05, 3.63) is 82.1 Å². The molecule has 0 saturated carbocycles. The van der Waals surface area contributed by atoms with E-state index in [4.69, 9.17) is 42.6 Å². The molecule has 2 aliphatic rings. The van der Waals surface area contributed by atoms with E-state index < -0.39 is 6.23 Å². The average Bonchev–Trinajstić information content (AvgIpc) is 2.92. The molecular formula is C28H26Cl2N4O3. The summed E-state index contributed by atoms with van der Waals surface area (Å²) in [6.45, 7) is 3.16. The van der Waals surface area contributed by atoms with E-state index >= 15 is 0 Å². The van der Waals surface area contributed by atoms with Gasteiger partial charge in [0.25, 0.3) is 0 Å². The van der Waals surface area contributed by atoms with Gasteiger partial charge in [0.1, 0.15) is 17.5 Å². The van der Waals surface area contributed by atoms with Gasteiger partial charge in [0, 0.05) is 64.7 Å². The van der Waals surface area contributed by atoms with Gasteiger partial charge in [0.2, 0.25) is 0 Å². The van der Waals surface area contributed by atoms with Gasteiger partial charge < -0.3 is 19.5 Å². The van der Waals surface area contributed by atoms with Crippen LogP contribution in [0.3, 0.4) is 0 Å². The fraction of sp³-hybridized carbons (Fsp3) is 0.286. The third-order valence-electron chi connectivity index (χ3n) is 6.87. The van der Waals surface area contributed by atoms with Crippen molar-refractivity contribution in [2.75, 3.05) is 37.8 Å². The minimum Gasteiger partial charge on any atom is -0.493 e. The van der Waals surface area contributed by atoms with E-state index in [0.717, 1.165) is 40.1 Å². The van der Waals surface area contributed by atoms with Gasteiger partial charge in [0.15, 0.2) is 0 Å². The Kier molecular flexibility index (Phi) is 6.88. The molecule has 4 aromatic rings. The molecule has 0 bridgehead atoms. The molecular weight excluding hydrogens is 511 g/mol. The van der Waals surface area contributed by atoms with Crippen molar-refractivity contribution in [2.45, 2.75) is 18.7 Å². The second-order valence-electron chi connectivity index (χ2n) is 9.17. The molecule has 4 heterocycles. The first kappa shape index (κ1) is 24.4. The van der Waals surface area contributed by atoms with Crippen LogP contribution in [0.25, 0.3) is 22.2 Å². The van der Waals surface area contributed by atoms with Crippen molar-refractivity contribution < 1.29 is 14.6 Å². The number of benzene rings is 2. The van der Waals surface area contributed by atoms with Gasteiger partial charge in [-0.2, -0.15) is 0 Å². The molecule has 1 fully saturated rings. The number of ether oxygens (including phenoxy) is 2. The Morgan fingerprint density at radius 1 is 0.973 bits per heavy atom. The number of aromatic nitrogens is 2. The van der Waals surface area contributed by atoms with E-state index in [1.165, 1.54) is 0 Å². The van der Waals surface area contributed by atoms with Crippen LogP contribution in [0.5, 0.6) is 5.75 Å². The van der Waals surface area contributed by atoms with Crippen LogP contribution in [0.4, 0.5) is 5.69 Å². The van der Waals surface area contributed by atoms with Crippen LogP contribution < -0.4 is 15.0 Å². The number of aliphatic hydroxyl groups excluding tert-OH is 1. The van der Waals surface area contributed by atoms with E-state index in [1.807, 2.05) is 42.5 Å². The first-order chi connectivity index (χ1) is 18.1. The molecule has 2 N–H and O–H groups in total. The highest BCUT2D eigenvalue weighted by atomic mass is 35.5. The molecule has 190 valence electrons. The van der Waals surface area contributed by atoms with Gasteiger partial charge in [-0.15, -0.1) is 0 Å².